The van der Waals surface area contributed by atoms with Gasteiger partial charge < -0.3 is 0 Å². The lowest BCUT2D eigenvalue weighted by molar-refractivity contribution is 0.600. The van der Waals surface area contributed by atoms with E-state index >= 15 is 0 Å². The number of hydrogen-bond acceptors (Lipinski definition) is 4. The normalized spacial score (nSPS) is 11.4. The molecule has 0 unspecified atom stereocenters. The monoisotopic (exact) mass is 371 g/mol. The number of nitrogens with one attached hydrogen (secondary N) is 1. The molecule has 10 heteroatoms. The average Bonchev–Trinajstić information content (AvgIpc) is 2.36. The molecule has 2 aromatic rings. The molecule has 0 aliphatic heterocycles. The van der Waals surface area contributed by atoms with E-state index < -0.39 is 10.0 Å². The van der Waals surface area contributed by atoms with Crippen LogP contribution in [0.3, 0.4) is 0 Å². The van der Waals surface area contributed by atoms with Crippen molar-refractivity contribution in [3.63, 3.8) is 0 Å². The van der Waals surface area contributed by atoms with E-state index in [9.17, 15) is 8.42 Å². The third-order valence-corrected chi connectivity index (χ3v) is 4.71. The van der Waals surface area contributed by atoms with Crippen molar-refractivity contribution >= 4 is 62.1 Å². The molecule has 0 saturated heterocycles. The van der Waals surface area contributed by atoms with Crippen LogP contribution >= 0.6 is 46.4 Å². The molecule has 20 heavy (non-hydrogen) atoms. The topological polar surface area (TPSA) is 72.0 Å². The average molecular weight is 373 g/mol. The molecule has 5 nitrogen and oxygen atoms in total. The molecule has 0 saturated carbocycles. The summed E-state index contributed by atoms with van der Waals surface area (Å²) in [6, 6.07) is 2.64. The quantitative estimate of drug-likeness (QED) is 0.655. The summed E-state index contributed by atoms with van der Waals surface area (Å²) in [7, 11) is -3.90. The molecule has 106 valence electrons. The fourth-order valence-corrected chi connectivity index (χ4v) is 2.95. The van der Waals surface area contributed by atoms with Crippen LogP contribution < -0.4 is 4.72 Å². The van der Waals surface area contributed by atoms with Gasteiger partial charge in [-0.05, 0) is 23.7 Å². The van der Waals surface area contributed by atoms with Gasteiger partial charge in [0.05, 0.1) is 33.1 Å². The molecule has 1 heterocycles. The Morgan fingerprint density at radius 1 is 0.900 bits per heavy atom. The van der Waals surface area contributed by atoms with E-state index in [1.54, 1.807) is 0 Å². The number of hydrogen-bond donors (Lipinski definition) is 1. The highest BCUT2D eigenvalue weighted by Crippen LogP contribution is 2.33. The summed E-state index contributed by atoms with van der Waals surface area (Å²) in [5.74, 6) is 0. The summed E-state index contributed by atoms with van der Waals surface area (Å²) in [4.78, 5) is 7.03. The first-order valence-electron chi connectivity index (χ1n) is 4.94. The molecule has 0 spiro atoms. The molecule has 1 aromatic heterocycles. The van der Waals surface area contributed by atoms with Gasteiger partial charge in [-0.3, -0.25) is 4.72 Å². The maximum atomic E-state index is 12.1. The van der Waals surface area contributed by atoms with Crippen molar-refractivity contribution in [2.75, 3.05) is 4.72 Å². The SMILES string of the molecule is O=S(=O)(Nc1cc(Cl)c(Cl)cc1Cl)c1cnc(Cl)nc1. The summed E-state index contributed by atoms with van der Waals surface area (Å²) in [5, 5.41) is 0.435. The van der Waals surface area contributed by atoms with Gasteiger partial charge in [-0.1, -0.05) is 34.8 Å². The molecular weight excluding hydrogens is 368 g/mol. The summed E-state index contributed by atoms with van der Waals surface area (Å²) in [6.07, 6.45) is 2.15. The smallest absolute Gasteiger partial charge is 0.265 e. The van der Waals surface area contributed by atoms with E-state index in [0.717, 1.165) is 12.4 Å². The van der Waals surface area contributed by atoms with E-state index in [0.29, 0.717) is 0 Å². The molecular formula is C10H5Cl4N3O2S. The number of nitrogens with zero attached hydrogens (tertiary/aromatic N) is 2. The molecule has 0 amide bonds. The van der Waals surface area contributed by atoms with Gasteiger partial charge in [-0.15, -0.1) is 0 Å². The Bertz CT molecular complexity index is 750. The lowest BCUT2D eigenvalue weighted by Gasteiger charge is -2.10. The van der Waals surface area contributed by atoms with Crippen molar-refractivity contribution in [2.24, 2.45) is 0 Å². The van der Waals surface area contributed by atoms with Crippen LogP contribution in [0.4, 0.5) is 5.69 Å². The Hall–Kier alpha value is -0.790. The van der Waals surface area contributed by atoms with Crippen LogP contribution in [-0.2, 0) is 10.0 Å². The van der Waals surface area contributed by atoms with Crippen molar-refractivity contribution in [3.05, 3.63) is 44.9 Å². The van der Waals surface area contributed by atoms with Crippen molar-refractivity contribution in [3.8, 4) is 0 Å². The van der Waals surface area contributed by atoms with Crippen LogP contribution in [0.2, 0.25) is 20.4 Å². The Balaban J connectivity index is 2.38. The van der Waals surface area contributed by atoms with Gasteiger partial charge in [0.15, 0.2) is 0 Å². The second-order valence-corrected chi connectivity index (χ2v) is 6.78. The zero-order valence-electron chi connectivity index (χ0n) is 9.44. The number of halogens is 4. The highest BCUT2D eigenvalue weighted by molar-refractivity contribution is 7.92. The largest absolute Gasteiger partial charge is 0.278 e. The van der Waals surface area contributed by atoms with Crippen molar-refractivity contribution in [1.82, 2.24) is 9.97 Å². The second kappa shape index (κ2) is 5.91. The number of aromatic nitrogens is 2. The zero-order valence-corrected chi connectivity index (χ0v) is 13.3. The summed E-state index contributed by atoms with van der Waals surface area (Å²) in [6.45, 7) is 0. The molecule has 2 rings (SSSR count). The Morgan fingerprint density at radius 3 is 2.05 bits per heavy atom. The standard InChI is InChI=1S/C10H5Cl4N3O2S/c11-6-1-8(13)9(2-7(6)12)17-20(18,19)5-3-15-10(14)16-4-5/h1-4,17H. The highest BCUT2D eigenvalue weighted by Gasteiger charge is 2.18. The van der Waals surface area contributed by atoms with E-state index in [-0.39, 0.29) is 30.9 Å². The second-order valence-electron chi connectivity index (χ2n) is 3.54. The van der Waals surface area contributed by atoms with Crippen molar-refractivity contribution in [2.45, 2.75) is 4.90 Å². The fourth-order valence-electron chi connectivity index (χ4n) is 1.24. The van der Waals surface area contributed by atoms with Gasteiger partial charge in [0, 0.05) is 0 Å². The van der Waals surface area contributed by atoms with Gasteiger partial charge in [0.25, 0.3) is 10.0 Å². The minimum absolute atomic E-state index is 0.0588. The fraction of sp³-hybridized carbons (Fsp3) is 0. The summed E-state index contributed by atoms with van der Waals surface area (Å²) in [5.41, 5.74) is 0.0935. The number of anilines is 1. The molecule has 0 radical (unpaired) electrons. The molecule has 0 aliphatic carbocycles. The third kappa shape index (κ3) is 3.45. The van der Waals surface area contributed by atoms with Crippen LogP contribution in [0.5, 0.6) is 0 Å². The third-order valence-electron chi connectivity index (χ3n) is 2.16. The molecule has 1 N–H and O–H groups in total. The van der Waals surface area contributed by atoms with Gasteiger partial charge >= 0.3 is 0 Å². The first-order valence-corrected chi connectivity index (χ1v) is 7.94. The first kappa shape index (κ1) is 15.6. The van der Waals surface area contributed by atoms with Crippen molar-refractivity contribution < 1.29 is 8.42 Å². The van der Waals surface area contributed by atoms with Crippen LogP contribution in [0.1, 0.15) is 0 Å². The first-order chi connectivity index (χ1) is 9.29. The van der Waals surface area contributed by atoms with Gasteiger partial charge in [-0.2, -0.15) is 0 Å². The van der Waals surface area contributed by atoms with E-state index in [1.807, 2.05) is 0 Å². The number of sulfonamides is 1. The summed E-state index contributed by atoms with van der Waals surface area (Å²) >= 11 is 23.0. The molecule has 0 aliphatic rings. The molecule has 1 aromatic carbocycles. The molecule has 0 fully saturated rings. The maximum absolute atomic E-state index is 12.1. The lowest BCUT2D eigenvalue weighted by atomic mass is 10.3. The maximum Gasteiger partial charge on any atom is 0.265 e. The minimum atomic E-state index is -3.90. The predicted octanol–water partition coefficient (Wildman–Crippen LogP) is 3.89. The number of rotatable bonds is 3. The van der Waals surface area contributed by atoms with Crippen molar-refractivity contribution in [1.29, 1.82) is 0 Å². The Kier molecular flexibility index (Phi) is 4.61. The van der Waals surface area contributed by atoms with E-state index in [1.165, 1.54) is 12.1 Å². The Morgan fingerprint density at radius 2 is 1.45 bits per heavy atom. The zero-order chi connectivity index (χ0) is 14.9. The van der Waals surface area contributed by atoms with Crippen LogP contribution in [0.25, 0.3) is 0 Å². The van der Waals surface area contributed by atoms with Crippen LogP contribution in [0.15, 0.2) is 29.4 Å². The lowest BCUT2D eigenvalue weighted by Crippen LogP contribution is -2.14. The molecule has 0 bridgehead atoms. The van der Waals surface area contributed by atoms with Crippen LogP contribution in [0, 0.1) is 0 Å². The predicted molar refractivity (Wildman–Crippen MR) is 79.3 cm³/mol. The number of benzene rings is 1. The highest BCUT2D eigenvalue weighted by atomic mass is 35.5. The Labute approximate surface area is 134 Å². The minimum Gasteiger partial charge on any atom is -0.278 e. The van der Waals surface area contributed by atoms with E-state index in [4.69, 9.17) is 46.4 Å². The molecule has 0 atom stereocenters. The van der Waals surface area contributed by atoms with Gasteiger partial charge in [0.1, 0.15) is 4.90 Å². The van der Waals surface area contributed by atoms with Crippen LogP contribution in [-0.4, -0.2) is 18.4 Å². The van der Waals surface area contributed by atoms with Gasteiger partial charge in [0.2, 0.25) is 5.28 Å². The summed E-state index contributed by atoms with van der Waals surface area (Å²) < 4.78 is 26.4. The van der Waals surface area contributed by atoms with Gasteiger partial charge in [-0.25, -0.2) is 18.4 Å². The van der Waals surface area contributed by atoms with E-state index in [2.05, 4.69) is 14.7 Å².